The van der Waals surface area contributed by atoms with Gasteiger partial charge in [0.25, 0.3) is 5.69 Å². The summed E-state index contributed by atoms with van der Waals surface area (Å²) in [5, 5.41) is 10.7. The maximum Gasteiger partial charge on any atom is 0.269 e. The minimum atomic E-state index is -0.399. The number of hydrogen-bond donors (Lipinski definition) is 0. The molecule has 0 aliphatic rings. The molecular weight excluding hydrogens is 252 g/mol. The molecule has 0 heterocycles. The van der Waals surface area contributed by atoms with Crippen molar-refractivity contribution in [3.8, 4) is 0 Å². The third-order valence-corrected chi connectivity index (χ3v) is 2.83. The van der Waals surface area contributed by atoms with Crippen molar-refractivity contribution >= 4 is 23.0 Å². The molecule has 1 aromatic rings. The number of alkyl halides is 1. The van der Waals surface area contributed by atoms with Gasteiger partial charge >= 0.3 is 0 Å². The Morgan fingerprint density at radius 1 is 1.39 bits per heavy atom. The van der Waals surface area contributed by atoms with E-state index in [1.54, 1.807) is 12.1 Å². The number of nitro benzene ring substituents is 1. The lowest BCUT2D eigenvalue weighted by atomic mass is 9.96. The van der Waals surface area contributed by atoms with E-state index in [1.165, 1.54) is 6.07 Å². The van der Waals surface area contributed by atoms with E-state index >= 15 is 0 Å². The first kappa shape index (κ1) is 14.8. The highest BCUT2D eigenvalue weighted by Gasteiger charge is 2.17. The lowest BCUT2D eigenvalue weighted by Crippen LogP contribution is -2.29. The number of halogens is 1. The van der Waals surface area contributed by atoms with Crippen LogP contribution in [0.1, 0.15) is 26.3 Å². The van der Waals surface area contributed by atoms with Gasteiger partial charge in [0.05, 0.1) is 4.92 Å². The summed E-state index contributed by atoms with van der Waals surface area (Å²) in [6.07, 6.45) is 0. The van der Waals surface area contributed by atoms with Crippen LogP contribution in [-0.4, -0.2) is 18.5 Å². The second-order valence-electron chi connectivity index (χ2n) is 5.62. The number of non-ortho nitro benzene ring substituents is 1. The fraction of sp³-hybridized carbons (Fsp3) is 0.538. The van der Waals surface area contributed by atoms with Crippen molar-refractivity contribution in [1.82, 2.24) is 0 Å². The van der Waals surface area contributed by atoms with E-state index in [9.17, 15) is 10.1 Å². The fourth-order valence-corrected chi connectivity index (χ4v) is 2.18. The van der Waals surface area contributed by atoms with Crippen molar-refractivity contribution in [2.24, 2.45) is 5.41 Å². The second-order valence-corrected chi connectivity index (χ2v) is 5.89. The Morgan fingerprint density at radius 3 is 2.44 bits per heavy atom. The van der Waals surface area contributed by atoms with Gasteiger partial charge in [-0.05, 0) is 17.0 Å². The van der Waals surface area contributed by atoms with Gasteiger partial charge in [0.1, 0.15) is 0 Å². The van der Waals surface area contributed by atoms with Gasteiger partial charge in [0, 0.05) is 37.3 Å². The first-order valence-electron chi connectivity index (χ1n) is 5.79. The summed E-state index contributed by atoms with van der Waals surface area (Å²) < 4.78 is 0. The summed E-state index contributed by atoms with van der Waals surface area (Å²) in [6.45, 7) is 7.30. The minimum Gasteiger partial charge on any atom is -0.374 e. The lowest BCUT2D eigenvalue weighted by molar-refractivity contribution is -0.384. The highest BCUT2D eigenvalue weighted by Crippen LogP contribution is 2.28. The molecule has 5 heteroatoms. The lowest BCUT2D eigenvalue weighted by Gasteiger charge is -2.29. The summed E-state index contributed by atoms with van der Waals surface area (Å²) in [6, 6.07) is 4.83. The molecule has 0 saturated heterocycles. The van der Waals surface area contributed by atoms with E-state index < -0.39 is 4.92 Å². The predicted octanol–water partition coefficient (Wildman–Crippen LogP) is 3.82. The van der Waals surface area contributed by atoms with E-state index in [0.29, 0.717) is 0 Å². The maximum atomic E-state index is 10.7. The zero-order chi connectivity index (χ0) is 13.9. The summed E-state index contributed by atoms with van der Waals surface area (Å²) >= 11 is 5.87. The Labute approximate surface area is 113 Å². The highest BCUT2D eigenvalue weighted by molar-refractivity contribution is 6.17. The van der Waals surface area contributed by atoms with E-state index in [2.05, 4.69) is 25.7 Å². The molecule has 0 saturated carbocycles. The quantitative estimate of drug-likeness (QED) is 0.475. The largest absolute Gasteiger partial charge is 0.374 e. The highest BCUT2D eigenvalue weighted by atomic mass is 35.5. The number of hydrogen-bond acceptors (Lipinski definition) is 3. The molecule has 0 aliphatic heterocycles. The van der Waals surface area contributed by atoms with Crippen LogP contribution >= 0.6 is 11.6 Å². The van der Waals surface area contributed by atoms with Gasteiger partial charge in [-0.2, -0.15) is 0 Å². The first-order chi connectivity index (χ1) is 8.24. The molecule has 0 atom stereocenters. The molecule has 0 unspecified atom stereocenters. The summed E-state index contributed by atoms with van der Waals surface area (Å²) in [4.78, 5) is 12.4. The van der Waals surface area contributed by atoms with E-state index in [-0.39, 0.29) is 17.0 Å². The van der Waals surface area contributed by atoms with Crippen LogP contribution < -0.4 is 4.90 Å². The van der Waals surface area contributed by atoms with Gasteiger partial charge in [-0.15, -0.1) is 11.6 Å². The monoisotopic (exact) mass is 270 g/mol. The Hall–Kier alpha value is -1.29. The van der Waals surface area contributed by atoms with Crippen molar-refractivity contribution in [3.05, 3.63) is 33.9 Å². The Bertz CT molecular complexity index is 441. The number of anilines is 1. The van der Waals surface area contributed by atoms with Crippen LogP contribution in [0.3, 0.4) is 0 Å². The van der Waals surface area contributed by atoms with Crippen molar-refractivity contribution in [3.63, 3.8) is 0 Å². The minimum absolute atomic E-state index is 0.0820. The SMILES string of the molecule is CN(CC(C)(C)C)c1ccc([N+](=O)[O-])cc1CCl. The molecule has 0 aliphatic carbocycles. The number of nitro groups is 1. The number of nitrogens with zero attached hydrogens (tertiary/aromatic N) is 2. The molecule has 1 rings (SSSR count). The predicted molar refractivity (Wildman–Crippen MR) is 75.4 cm³/mol. The molecule has 4 nitrogen and oxygen atoms in total. The molecule has 0 aromatic heterocycles. The third-order valence-electron chi connectivity index (χ3n) is 2.54. The Balaban J connectivity index is 3.05. The van der Waals surface area contributed by atoms with Gasteiger partial charge in [-0.1, -0.05) is 20.8 Å². The van der Waals surface area contributed by atoms with Crippen LogP contribution in [0.4, 0.5) is 11.4 Å². The van der Waals surface area contributed by atoms with Gasteiger partial charge in [0.2, 0.25) is 0 Å². The molecule has 100 valence electrons. The van der Waals surface area contributed by atoms with Gasteiger partial charge in [-0.3, -0.25) is 10.1 Å². The maximum absolute atomic E-state index is 10.7. The summed E-state index contributed by atoms with van der Waals surface area (Å²) in [5.41, 5.74) is 1.97. The molecule has 0 spiro atoms. The van der Waals surface area contributed by atoms with Crippen molar-refractivity contribution in [2.75, 3.05) is 18.5 Å². The third kappa shape index (κ3) is 3.88. The molecule has 0 amide bonds. The van der Waals surface area contributed by atoms with E-state index in [4.69, 9.17) is 11.6 Å². The van der Waals surface area contributed by atoms with Gasteiger partial charge in [-0.25, -0.2) is 0 Å². The number of benzene rings is 1. The van der Waals surface area contributed by atoms with Gasteiger partial charge in [0.15, 0.2) is 0 Å². The summed E-state index contributed by atoms with van der Waals surface area (Å²) in [7, 11) is 1.97. The molecular formula is C13H19ClN2O2. The van der Waals surface area contributed by atoms with E-state index in [1.807, 2.05) is 7.05 Å². The zero-order valence-electron chi connectivity index (χ0n) is 11.2. The van der Waals surface area contributed by atoms with Crippen LogP contribution in [0.25, 0.3) is 0 Å². The zero-order valence-corrected chi connectivity index (χ0v) is 12.0. The topological polar surface area (TPSA) is 46.4 Å². The van der Waals surface area contributed by atoms with Crippen molar-refractivity contribution < 1.29 is 4.92 Å². The molecule has 18 heavy (non-hydrogen) atoms. The first-order valence-corrected chi connectivity index (χ1v) is 6.32. The average molecular weight is 271 g/mol. The van der Waals surface area contributed by atoms with Gasteiger partial charge < -0.3 is 4.90 Å². The molecule has 0 radical (unpaired) electrons. The molecule has 0 N–H and O–H groups in total. The second kappa shape index (κ2) is 5.57. The smallest absolute Gasteiger partial charge is 0.269 e. The summed E-state index contributed by atoms with van der Waals surface area (Å²) in [5.74, 6) is 0.269. The van der Waals surface area contributed by atoms with Crippen LogP contribution in [0, 0.1) is 15.5 Å². The number of rotatable bonds is 4. The fourth-order valence-electron chi connectivity index (χ4n) is 1.96. The Kier molecular flexibility index (Phi) is 4.57. The van der Waals surface area contributed by atoms with Crippen LogP contribution in [0.2, 0.25) is 0 Å². The molecule has 0 fully saturated rings. The molecule has 0 bridgehead atoms. The van der Waals surface area contributed by atoms with Crippen molar-refractivity contribution in [1.29, 1.82) is 0 Å². The van der Waals surface area contributed by atoms with Crippen LogP contribution in [0.5, 0.6) is 0 Å². The normalized spacial score (nSPS) is 11.4. The average Bonchev–Trinajstić information content (AvgIpc) is 2.25. The van der Waals surface area contributed by atoms with E-state index in [0.717, 1.165) is 17.8 Å². The van der Waals surface area contributed by atoms with Crippen LogP contribution in [-0.2, 0) is 5.88 Å². The Morgan fingerprint density at radius 2 is 2.00 bits per heavy atom. The van der Waals surface area contributed by atoms with Crippen LogP contribution in [0.15, 0.2) is 18.2 Å². The standard InChI is InChI=1S/C13H19ClN2O2/c1-13(2,3)9-15(4)12-6-5-11(16(17)18)7-10(12)8-14/h5-7H,8-9H2,1-4H3. The van der Waals surface area contributed by atoms with Crippen molar-refractivity contribution in [2.45, 2.75) is 26.7 Å². The molecule has 1 aromatic carbocycles.